The summed E-state index contributed by atoms with van der Waals surface area (Å²) in [6, 6.07) is 14.6. The highest BCUT2D eigenvalue weighted by atomic mass is 35.5. The number of para-hydroxylation sites is 1. The highest BCUT2D eigenvalue weighted by Crippen LogP contribution is 2.25. The van der Waals surface area contributed by atoms with Crippen molar-refractivity contribution in [2.75, 3.05) is 5.32 Å². The number of nitrogens with zero attached hydrogens (tertiary/aromatic N) is 3. The van der Waals surface area contributed by atoms with Crippen LogP contribution in [0.2, 0.25) is 5.02 Å². The molecule has 2 aromatic heterocycles. The second kappa shape index (κ2) is 9.06. The maximum absolute atomic E-state index is 12.8. The van der Waals surface area contributed by atoms with E-state index in [0.29, 0.717) is 39.6 Å². The monoisotopic (exact) mass is 440 g/mol. The number of amides is 1. The van der Waals surface area contributed by atoms with Gasteiger partial charge in [0, 0.05) is 29.4 Å². The molecule has 0 radical (unpaired) electrons. The summed E-state index contributed by atoms with van der Waals surface area (Å²) >= 11 is 7.35. The maximum atomic E-state index is 12.8. The lowest BCUT2D eigenvalue weighted by Crippen LogP contribution is -2.13. The van der Waals surface area contributed by atoms with Crippen LogP contribution in [-0.2, 0) is 13.0 Å². The third-order valence-electron chi connectivity index (χ3n) is 4.12. The number of thiazole rings is 1. The Balaban J connectivity index is 1.41. The zero-order valence-electron chi connectivity index (χ0n) is 16.0. The van der Waals surface area contributed by atoms with Crippen LogP contribution in [0.15, 0.2) is 59.3 Å². The molecule has 4 rings (SSSR count). The SMILES string of the molecule is Cc1nc(COc2ccccc2C(=O)Nc2ncc(Cc3ccc(Cl)cc3)s2)no1. The number of carbonyl (C=O) groups is 1. The Labute approximate surface area is 181 Å². The number of nitrogens with one attached hydrogen (secondary N) is 1. The molecule has 30 heavy (non-hydrogen) atoms. The summed E-state index contributed by atoms with van der Waals surface area (Å²) in [5.41, 5.74) is 1.52. The van der Waals surface area contributed by atoms with Crippen molar-refractivity contribution >= 4 is 34.0 Å². The second-order valence-corrected chi connectivity index (χ2v) is 7.96. The van der Waals surface area contributed by atoms with Crippen LogP contribution in [-0.4, -0.2) is 21.0 Å². The van der Waals surface area contributed by atoms with Crippen LogP contribution >= 0.6 is 22.9 Å². The topological polar surface area (TPSA) is 90.1 Å². The molecule has 1 amide bonds. The van der Waals surface area contributed by atoms with E-state index in [-0.39, 0.29) is 12.5 Å². The first kappa shape index (κ1) is 20.1. The van der Waals surface area contributed by atoms with Gasteiger partial charge in [-0.2, -0.15) is 4.98 Å². The number of hydrogen-bond acceptors (Lipinski definition) is 7. The van der Waals surface area contributed by atoms with Crippen molar-refractivity contribution in [3.05, 3.63) is 87.5 Å². The van der Waals surface area contributed by atoms with E-state index in [1.165, 1.54) is 11.3 Å². The molecule has 0 saturated heterocycles. The largest absolute Gasteiger partial charge is 0.485 e. The lowest BCUT2D eigenvalue weighted by molar-refractivity contribution is 0.102. The van der Waals surface area contributed by atoms with Gasteiger partial charge >= 0.3 is 0 Å². The van der Waals surface area contributed by atoms with Crippen LogP contribution in [0.25, 0.3) is 0 Å². The summed E-state index contributed by atoms with van der Waals surface area (Å²) in [5.74, 6) is 0.991. The van der Waals surface area contributed by atoms with Gasteiger partial charge in [0.15, 0.2) is 11.7 Å². The van der Waals surface area contributed by atoms with Gasteiger partial charge in [0.2, 0.25) is 11.7 Å². The predicted molar refractivity (Wildman–Crippen MR) is 114 cm³/mol. The quantitative estimate of drug-likeness (QED) is 0.439. The molecule has 4 aromatic rings. The molecular weight excluding hydrogens is 424 g/mol. The molecule has 0 bridgehead atoms. The van der Waals surface area contributed by atoms with E-state index in [9.17, 15) is 4.79 Å². The normalized spacial score (nSPS) is 10.7. The number of aromatic nitrogens is 3. The van der Waals surface area contributed by atoms with Crippen LogP contribution in [0, 0.1) is 6.92 Å². The predicted octanol–water partition coefficient (Wildman–Crippen LogP) is 4.91. The van der Waals surface area contributed by atoms with E-state index in [0.717, 1.165) is 10.4 Å². The summed E-state index contributed by atoms with van der Waals surface area (Å²) < 4.78 is 10.6. The highest BCUT2D eigenvalue weighted by Gasteiger charge is 2.15. The maximum Gasteiger partial charge on any atom is 0.261 e. The van der Waals surface area contributed by atoms with Crippen molar-refractivity contribution in [2.45, 2.75) is 20.0 Å². The van der Waals surface area contributed by atoms with Crippen molar-refractivity contribution in [3.8, 4) is 5.75 Å². The minimum absolute atomic E-state index is 0.101. The summed E-state index contributed by atoms with van der Waals surface area (Å²) in [6.45, 7) is 1.80. The van der Waals surface area contributed by atoms with Gasteiger partial charge in [-0.1, -0.05) is 41.0 Å². The molecule has 0 fully saturated rings. The first-order valence-electron chi connectivity index (χ1n) is 9.08. The van der Waals surface area contributed by atoms with Gasteiger partial charge < -0.3 is 9.26 Å². The molecule has 1 N–H and O–H groups in total. The summed E-state index contributed by atoms with van der Waals surface area (Å²) in [7, 11) is 0. The Kier molecular flexibility index (Phi) is 6.06. The molecule has 0 unspecified atom stereocenters. The molecule has 9 heteroatoms. The molecule has 0 aliphatic heterocycles. The van der Waals surface area contributed by atoms with Gasteiger partial charge in [0.1, 0.15) is 5.75 Å². The molecule has 152 valence electrons. The van der Waals surface area contributed by atoms with Crippen molar-refractivity contribution in [2.24, 2.45) is 0 Å². The van der Waals surface area contributed by atoms with Crippen molar-refractivity contribution in [1.29, 1.82) is 0 Å². The van der Waals surface area contributed by atoms with Gasteiger partial charge in [0.25, 0.3) is 5.91 Å². The Bertz CT molecular complexity index is 1160. The second-order valence-electron chi connectivity index (χ2n) is 6.40. The third kappa shape index (κ3) is 5.03. The zero-order valence-corrected chi connectivity index (χ0v) is 17.5. The molecule has 0 atom stereocenters. The fourth-order valence-electron chi connectivity index (χ4n) is 2.74. The average Bonchev–Trinajstić information content (AvgIpc) is 3.37. The van der Waals surface area contributed by atoms with Crippen LogP contribution in [0.3, 0.4) is 0 Å². The molecule has 2 aromatic carbocycles. The smallest absolute Gasteiger partial charge is 0.261 e. The van der Waals surface area contributed by atoms with Gasteiger partial charge in [-0.05, 0) is 29.8 Å². The van der Waals surface area contributed by atoms with E-state index >= 15 is 0 Å². The standard InChI is InChI=1S/C21H17ClN4O3S/c1-13-24-19(26-29-13)12-28-18-5-3-2-4-17(18)20(27)25-21-23-11-16(30-21)10-14-6-8-15(22)9-7-14/h2-9,11H,10,12H2,1H3,(H,23,25,27). The van der Waals surface area contributed by atoms with Gasteiger partial charge in [-0.25, -0.2) is 4.98 Å². The van der Waals surface area contributed by atoms with Crippen molar-refractivity contribution in [1.82, 2.24) is 15.1 Å². The number of benzene rings is 2. The Morgan fingerprint density at radius 2 is 2.00 bits per heavy atom. The number of hydrogen-bond donors (Lipinski definition) is 1. The summed E-state index contributed by atoms with van der Waals surface area (Å²) in [6.07, 6.45) is 2.48. The lowest BCUT2D eigenvalue weighted by atomic mass is 10.1. The molecule has 0 aliphatic carbocycles. The Morgan fingerprint density at radius 1 is 1.20 bits per heavy atom. The fraction of sp³-hybridized carbons (Fsp3) is 0.143. The fourth-order valence-corrected chi connectivity index (χ4v) is 3.70. The van der Waals surface area contributed by atoms with E-state index in [2.05, 4.69) is 20.4 Å². The van der Waals surface area contributed by atoms with Crippen LogP contribution in [0.5, 0.6) is 5.75 Å². The first-order chi connectivity index (χ1) is 14.6. The lowest BCUT2D eigenvalue weighted by Gasteiger charge is -2.09. The number of carbonyl (C=O) groups excluding carboxylic acids is 1. The van der Waals surface area contributed by atoms with Gasteiger partial charge in [-0.3, -0.25) is 10.1 Å². The molecule has 0 spiro atoms. The molecule has 7 nitrogen and oxygen atoms in total. The molecular formula is C21H17ClN4O3S. The van der Waals surface area contributed by atoms with E-state index in [1.807, 2.05) is 24.3 Å². The van der Waals surface area contributed by atoms with Crippen molar-refractivity contribution in [3.63, 3.8) is 0 Å². The van der Waals surface area contributed by atoms with E-state index in [4.69, 9.17) is 20.9 Å². The Morgan fingerprint density at radius 3 is 2.77 bits per heavy atom. The number of rotatable bonds is 7. The highest BCUT2D eigenvalue weighted by molar-refractivity contribution is 7.15. The number of aryl methyl sites for hydroxylation is 1. The van der Waals surface area contributed by atoms with Gasteiger partial charge in [-0.15, -0.1) is 11.3 Å². The summed E-state index contributed by atoms with van der Waals surface area (Å²) in [4.78, 5) is 22.2. The molecule has 0 aliphatic rings. The minimum Gasteiger partial charge on any atom is -0.485 e. The average molecular weight is 441 g/mol. The summed E-state index contributed by atoms with van der Waals surface area (Å²) in [5, 5.41) is 7.84. The van der Waals surface area contributed by atoms with Crippen LogP contribution in [0.4, 0.5) is 5.13 Å². The van der Waals surface area contributed by atoms with E-state index < -0.39 is 0 Å². The number of halogens is 1. The van der Waals surface area contributed by atoms with Crippen LogP contribution < -0.4 is 10.1 Å². The van der Waals surface area contributed by atoms with E-state index in [1.54, 1.807) is 37.4 Å². The number of ether oxygens (including phenoxy) is 1. The first-order valence-corrected chi connectivity index (χ1v) is 10.3. The van der Waals surface area contributed by atoms with Crippen LogP contribution in [0.1, 0.15) is 32.5 Å². The molecule has 0 saturated carbocycles. The zero-order chi connectivity index (χ0) is 20.9. The minimum atomic E-state index is -0.303. The van der Waals surface area contributed by atoms with Crippen molar-refractivity contribution < 1.29 is 14.1 Å². The number of anilines is 1. The molecule has 2 heterocycles. The van der Waals surface area contributed by atoms with Gasteiger partial charge in [0.05, 0.1) is 5.56 Å². The Hall–Kier alpha value is -3.23. The third-order valence-corrected chi connectivity index (χ3v) is 5.29.